The molecule has 1 aliphatic heterocycles. The van der Waals surface area contributed by atoms with E-state index in [-0.39, 0.29) is 0 Å². The SMILES string of the molecule is O=S(=O)(ON1C=CN=NC1)C(F)(F)F. The molecule has 0 fully saturated rings. The molecular formula is C4H4F3N3O3S. The number of nitrogens with zero attached hydrogens (tertiary/aromatic N) is 3. The van der Waals surface area contributed by atoms with Crippen LogP contribution in [0.1, 0.15) is 0 Å². The summed E-state index contributed by atoms with van der Waals surface area (Å²) in [7, 11) is -5.62. The lowest BCUT2D eigenvalue weighted by atomic mass is 10.8. The van der Waals surface area contributed by atoms with Crippen LogP contribution in [0.5, 0.6) is 0 Å². The van der Waals surface area contributed by atoms with Gasteiger partial charge in [0, 0.05) is 0 Å². The molecule has 0 radical (unpaired) electrons. The molecule has 6 nitrogen and oxygen atoms in total. The van der Waals surface area contributed by atoms with Gasteiger partial charge in [0.05, 0.1) is 12.4 Å². The van der Waals surface area contributed by atoms with Gasteiger partial charge in [0.15, 0.2) is 6.67 Å². The Morgan fingerprint density at radius 2 is 2.07 bits per heavy atom. The Morgan fingerprint density at radius 1 is 1.43 bits per heavy atom. The number of halogens is 3. The maximum Gasteiger partial charge on any atom is 0.525 e. The summed E-state index contributed by atoms with van der Waals surface area (Å²) in [5.74, 6) is 0. The normalized spacial score (nSPS) is 17.5. The second-order valence-electron chi connectivity index (χ2n) is 2.09. The van der Waals surface area contributed by atoms with Crippen molar-refractivity contribution in [2.45, 2.75) is 5.51 Å². The minimum Gasteiger partial charge on any atom is -0.218 e. The highest BCUT2D eigenvalue weighted by atomic mass is 32.2. The zero-order chi connectivity index (χ0) is 10.8. The second-order valence-corrected chi connectivity index (χ2v) is 3.61. The molecule has 0 aromatic carbocycles. The molecule has 0 atom stereocenters. The first-order valence-electron chi connectivity index (χ1n) is 3.14. The smallest absolute Gasteiger partial charge is 0.218 e. The molecule has 0 N–H and O–H groups in total. The van der Waals surface area contributed by atoms with Crippen molar-refractivity contribution in [2.75, 3.05) is 6.67 Å². The monoisotopic (exact) mass is 231 g/mol. The summed E-state index contributed by atoms with van der Waals surface area (Å²) >= 11 is 0. The average molecular weight is 231 g/mol. The molecule has 0 saturated heterocycles. The molecule has 14 heavy (non-hydrogen) atoms. The summed E-state index contributed by atoms with van der Waals surface area (Å²) in [6.07, 6.45) is 1.91. The maximum atomic E-state index is 11.8. The van der Waals surface area contributed by atoms with E-state index in [9.17, 15) is 21.6 Å². The van der Waals surface area contributed by atoms with Crippen molar-refractivity contribution in [3.05, 3.63) is 12.4 Å². The van der Waals surface area contributed by atoms with Crippen molar-refractivity contribution < 1.29 is 25.9 Å². The molecule has 0 aliphatic carbocycles. The minimum absolute atomic E-state index is 0.399. The number of hydroxylamine groups is 2. The van der Waals surface area contributed by atoms with Crippen molar-refractivity contribution in [1.82, 2.24) is 5.06 Å². The van der Waals surface area contributed by atoms with Gasteiger partial charge in [-0.1, -0.05) is 0 Å². The average Bonchev–Trinajstić information content (AvgIpc) is 2.03. The molecule has 0 aromatic rings. The summed E-state index contributed by atoms with van der Waals surface area (Å²) in [4.78, 5) is 0. The molecule has 1 rings (SSSR count). The Morgan fingerprint density at radius 3 is 2.50 bits per heavy atom. The molecule has 0 bridgehead atoms. The highest BCUT2D eigenvalue weighted by Gasteiger charge is 2.48. The quantitative estimate of drug-likeness (QED) is 0.663. The van der Waals surface area contributed by atoms with Gasteiger partial charge in [-0.15, -0.1) is 4.28 Å². The van der Waals surface area contributed by atoms with Crippen LogP contribution in [0, 0.1) is 0 Å². The third-order valence-corrected chi connectivity index (χ3v) is 2.02. The van der Waals surface area contributed by atoms with Gasteiger partial charge in [0.2, 0.25) is 0 Å². The van der Waals surface area contributed by atoms with Gasteiger partial charge in [-0.3, -0.25) is 0 Å². The second kappa shape index (κ2) is 3.53. The van der Waals surface area contributed by atoms with Crippen LogP contribution in [-0.2, 0) is 14.4 Å². The summed E-state index contributed by atoms with van der Waals surface area (Å²) in [5.41, 5.74) is -5.45. The highest BCUT2D eigenvalue weighted by molar-refractivity contribution is 7.87. The van der Waals surface area contributed by atoms with Gasteiger partial charge in [0.25, 0.3) is 0 Å². The number of azo groups is 1. The Balaban J connectivity index is 2.70. The summed E-state index contributed by atoms with van der Waals surface area (Å²) in [6, 6.07) is 0. The number of rotatable bonds is 2. The largest absolute Gasteiger partial charge is 0.525 e. The lowest BCUT2D eigenvalue weighted by Crippen LogP contribution is -2.32. The van der Waals surface area contributed by atoms with Crippen molar-refractivity contribution in [3.8, 4) is 0 Å². The Hall–Kier alpha value is -1.16. The standard InChI is InChI=1S/C4H4F3N3O3S/c5-4(6,7)14(11,12)13-10-2-1-8-9-3-10/h1-2H,3H2. The Kier molecular flexibility index (Phi) is 2.76. The summed E-state index contributed by atoms with van der Waals surface area (Å²) < 4.78 is 59.8. The lowest BCUT2D eigenvalue weighted by molar-refractivity contribution is -0.0829. The van der Waals surface area contributed by atoms with Crippen LogP contribution in [0.25, 0.3) is 0 Å². The van der Waals surface area contributed by atoms with Gasteiger partial charge in [-0.05, 0) is 0 Å². The first-order chi connectivity index (χ1) is 6.33. The summed E-state index contributed by atoms with van der Waals surface area (Å²) in [5, 5.41) is 6.90. The van der Waals surface area contributed by atoms with Crippen LogP contribution in [0.3, 0.4) is 0 Å². The topological polar surface area (TPSA) is 71.3 Å². The maximum absolute atomic E-state index is 11.8. The number of hydrogen-bond acceptors (Lipinski definition) is 6. The van der Waals surface area contributed by atoms with Crippen LogP contribution >= 0.6 is 0 Å². The first kappa shape index (κ1) is 10.9. The van der Waals surface area contributed by atoms with E-state index in [4.69, 9.17) is 0 Å². The van der Waals surface area contributed by atoms with Crippen molar-refractivity contribution >= 4 is 10.1 Å². The zero-order valence-corrected chi connectivity index (χ0v) is 7.29. The number of hydrogen-bond donors (Lipinski definition) is 0. The molecule has 0 amide bonds. The fourth-order valence-corrected chi connectivity index (χ4v) is 0.947. The van der Waals surface area contributed by atoms with Crippen LogP contribution in [-0.4, -0.2) is 25.7 Å². The molecule has 80 valence electrons. The third-order valence-electron chi connectivity index (χ3n) is 1.06. The molecular weight excluding hydrogens is 227 g/mol. The van der Waals surface area contributed by atoms with E-state index in [1.807, 2.05) is 0 Å². The van der Waals surface area contributed by atoms with Gasteiger partial charge >= 0.3 is 15.6 Å². The lowest BCUT2D eigenvalue weighted by Gasteiger charge is -2.17. The van der Waals surface area contributed by atoms with Gasteiger partial charge in [-0.25, -0.2) is 5.06 Å². The van der Waals surface area contributed by atoms with E-state index < -0.39 is 22.3 Å². The fraction of sp³-hybridized carbons (Fsp3) is 0.500. The van der Waals surface area contributed by atoms with E-state index in [1.54, 1.807) is 0 Å². The highest BCUT2D eigenvalue weighted by Crippen LogP contribution is 2.25. The van der Waals surface area contributed by atoms with Crippen molar-refractivity contribution in [3.63, 3.8) is 0 Å². The first-order valence-corrected chi connectivity index (χ1v) is 4.54. The van der Waals surface area contributed by atoms with Crippen LogP contribution in [0.15, 0.2) is 22.6 Å². The van der Waals surface area contributed by atoms with Gasteiger partial charge < -0.3 is 0 Å². The van der Waals surface area contributed by atoms with E-state index in [0.29, 0.717) is 5.06 Å². The molecule has 1 aliphatic rings. The van der Waals surface area contributed by atoms with E-state index in [0.717, 1.165) is 12.4 Å². The molecule has 0 spiro atoms. The molecule has 1 heterocycles. The molecule has 0 aromatic heterocycles. The van der Waals surface area contributed by atoms with Crippen LogP contribution in [0.2, 0.25) is 0 Å². The molecule has 0 unspecified atom stereocenters. The molecule has 10 heteroatoms. The number of alkyl halides is 3. The van der Waals surface area contributed by atoms with Crippen LogP contribution < -0.4 is 0 Å². The Bertz CT molecular complexity index is 360. The Labute approximate surface area is 76.7 Å². The van der Waals surface area contributed by atoms with E-state index in [2.05, 4.69) is 14.5 Å². The fourth-order valence-electron chi connectivity index (χ4n) is 0.514. The van der Waals surface area contributed by atoms with Crippen LogP contribution in [0.4, 0.5) is 13.2 Å². The molecule has 0 saturated carbocycles. The third kappa shape index (κ3) is 2.42. The predicted molar refractivity (Wildman–Crippen MR) is 36.8 cm³/mol. The van der Waals surface area contributed by atoms with Crippen molar-refractivity contribution in [2.24, 2.45) is 10.2 Å². The van der Waals surface area contributed by atoms with E-state index in [1.165, 1.54) is 0 Å². The van der Waals surface area contributed by atoms with E-state index >= 15 is 0 Å². The zero-order valence-electron chi connectivity index (χ0n) is 6.47. The predicted octanol–water partition coefficient (Wildman–Crippen LogP) is 0.964. The minimum atomic E-state index is -5.62. The van der Waals surface area contributed by atoms with Gasteiger partial charge in [-0.2, -0.15) is 31.8 Å². The summed E-state index contributed by atoms with van der Waals surface area (Å²) in [6.45, 7) is -0.411. The van der Waals surface area contributed by atoms with Gasteiger partial charge in [0.1, 0.15) is 0 Å². The van der Waals surface area contributed by atoms with Crippen molar-refractivity contribution in [1.29, 1.82) is 0 Å².